The highest BCUT2D eigenvalue weighted by molar-refractivity contribution is 4.69. The maximum atomic E-state index is 9.06. The van der Waals surface area contributed by atoms with E-state index in [9.17, 15) is 0 Å². The summed E-state index contributed by atoms with van der Waals surface area (Å²) in [5.41, 5.74) is 0. The normalized spacial score (nSPS) is 37.4. The van der Waals surface area contributed by atoms with E-state index in [4.69, 9.17) is 14.9 Å². The molecule has 1 heterocycles. The topological polar surface area (TPSA) is 49.7 Å². The fourth-order valence-electron chi connectivity index (χ4n) is 0.955. The van der Waals surface area contributed by atoms with E-state index in [1.54, 1.807) is 6.92 Å². The highest BCUT2D eigenvalue weighted by Gasteiger charge is 2.24. The fraction of sp³-hybridized carbons (Fsp3) is 1.00. The van der Waals surface area contributed by atoms with Gasteiger partial charge >= 0.3 is 0 Å². The Hall–Kier alpha value is -0.120. The lowest BCUT2D eigenvalue weighted by Gasteiger charge is -2.28. The SMILES string of the molecule is CC.C[C@@H]1OC(O)CC[C@H]1O. The highest BCUT2D eigenvalue weighted by atomic mass is 16.6. The molecule has 1 unspecified atom stereocenters. The Bertz CT molecular complexity index is 95.3. The van der Waals surface area contributed by atoms with E-state index in [0.29, 0.717) is 12.8 Å². The van der Waals surface area contributed by atoms with Crippen LogP contribution in [0.25, 0.3) is 0 Å². The summed E-state index contributed by atoms with van der Waals surface area (Å²) in [6.45, 7) is 5.76. The van der Waals surface area contributed by atoms with Gasteiger partial charge < -0.3 is 14.9 Å². The van der Waals surface area contributed by atoms with Crippen molar-refractivity contribution in [3.05, 3.63) is 0 Å². The van der Waals surface area contributed by atoms with Crippen molar-refractivity contribution in [1.29, 1.82) is 0 Å². The predicted molar refractivity (Wildman–Crippen MR) is 43.1 cm³/mol. The summed E-state index contributed by atoms with van der Waals surface area (Å²) in [7, 11) is 0. The molecule has 0 amide bonds. The minimum absolute atomic E-state index is 0.214. The van der Waals surface area contributed by atoms with Crippen molar-refractivity contribution < 1.29 is 14.9 Å². The van der Waals surface area contributed by atoms with Gasteiger partial charge in [-0.05, 0) is 13.3 Å². The molecule has 0 aromatic rings. The van der Waals surface area contributed by atoms with E-state index in [1.165, 1.54) is 0 Å². The third-order valence-corrected chi connectivity index (χ3v) is 1.62. The Labute approximate surface area is 68.0 Å². The molecule has 0 bridgehead atoms. The first-order valence-electron chi connectivity index (χ1n) is 4.21. The van der Waals surface area contributed by atoms with Gasteiger partial charge in [-0.2, -0.15) is 0 Å². The van der Waals surface area contributed by atoms with Crippen LogP contribution in [-0.2, 0) is 4.74 Å². The molecule has 0 saturated carbocycles. The molecule has 1 aliphatic heterocycles. The minimum atomic E-state index is -0.664. The Morgan fingerprint density at radius 2 is 1.73 bits per heavy atom. The molecule has 3 atom stereocenters. The molecular formula is C8H18O3. The van der Waals surface area contributed by atoms with Gasteiger partial charge in [-0.1, -0.05) is 13.8 Å². The van der Waals surface area contributed by atoms with Gasteiger partial charge in [-0.15, -0.1) is 0 Å². The van der Waals surface area contributed by atoms with Crippen molar-refractivity contribution in [2.24, 2.45) is 0 Å². The molecule has 11 heavy (non-hydrogen) atoms. The van der Waals surface area contributed by atoms with Crippen molar-refractivity contribution in [2.45, 2.75) is 52.1 Å². The number of aliphatic hydroxyl groups is 2. The molecule has 2 N–H and O–H groups in total. The molecule has 1 saturated heterocycles. The highest BCUT2D eigenvalue weighted by Crippen LogP contribution is 2.16. The van der Waals surface area contributed by atoms with Gasteiger partial charge in [0.1, 0.15) is 0 Å². The van der Waals surface area contributed by atoms with Crippen molar-refractivity contribution >= 4 is 0 Å². The average molecular weight is 162 g/mol. The van der Waals surface area contributed by atoms with Crippen LogP contribution >= 0.6 is 0 Å². The van der Waals surface area contributed by atoms with Gasteiger partial charge in [0.25, 0.3) is 0 Å². The van der Waals surface area contributed by atoms with Crippen LogP contribution in [0.15, 0.2) is 0 Å². The lowest BCUT2D eigenvalue weighted by atomic mass is 10.1. The third-order valence-electron chi connectivity index (χ3n) is 1.62. The first-order valence-corrected chi connectivity index (χ1v) is 4.21. The molecule has 0 aromatic heterocycles. The summed E-state index contributed by atoms with van der Waals surface area (Å²) >= 11 is 0. The van der Waals surface area contributed by atoms with Gasteiger partial charge in [0, 0.05) is 6.42 Å². The van der Waals surface area contributed by atoms with Crippen molar-refractivity contribution in [2.75, 3.05) is 0 Å². The second-order valence-electron chi connectivity index (χ2n) is 2.44. The fourth-order valence-corrected chi connectivity index (χ4v) is 0.955. The first kappa shape index (κ1) is 10.9. The number of rotatable bonds is 0. The lowest BCUT2D eigenvalue weighted by Crippen LogP contribution is -2.36. The standard InChI is InChI=1S/C6H12O3.C2H6/c1-4-5(7)2-3-6(8)9-4;1-2/h4-8H,2-3H2,1H3;1-2H3/t4-,5+,6?;/m0./s1. The van der Waals surface area contributed by atoms with E-state index < -0.39 is 12.4 Å². The van der Waals surface area contributed by atoms with Gasteiger partial charge in [0.05, 0.1) is 12.2 Å². The van der Waals surface area contributed by atoms with Crippen LogP contribution in [0.3, 0.4) is 0 Å². The van der Waals surface area contributed by atoms with Crippen LogP contribution in [0.5, 0.6) is 0 Å². The number of hydrogen-bond acceptors (Lipinski definition) is 3. The lowest BCUT2D eigenvalue weighted by molar-refractivity contribution is -0.192. The van der Waals surface area contributed by atoms with Gasteiger partial charge in [0.15, 0.2) is 6.29 Å². The Balaban J connectivity index is 0.000000461. The van der Waals surface area contributed by atoms with Gasteiger partial charge in [0.2, 0.25) is 0 Å². The zero-order chi connectivity index (χ0) is 8.85. The van der Waals surface area contributed by atoms with Crippen LogP contribution in [0.1, 0.15) is 33.6 Å². The quantitative estimate of drug-likeness (QED) is 0.556. The van der Waals surface area contributed by atoms with E-state index in [2.05, 4.69) is 0 Å². The summed E-state index contributed by atoms with van der Waals surface area (Å²) in [6, 6.07) is 0. The average Bonchev–Trinajstić information content (AvgIpc) is 2.02. The summed E-state index contributed by atoms with van der Waals surface area (Å²) in [4.78, 5) is 0. The summed E-state index contributed by atoms with van der Waals surface area (Å²) in [6.07, 6.45) is -0.0843. The van der Waals surface area contributed by atoms with E-state index >= 15 is 0 Å². The van der Waals surface area contributed by atoms with Crippen LogP contribution in [0.4, 0.5) is 0 Å². The summed E-state index contributed by atoms with van der Waals surface area (Å²) in [5, 5.41) is 17.9. The van der Waals surface area contributed by atoms with Crippen LogP contribution in [0.2, 0.25) is 0 Å². The minimum Gasteiger partial charge on any atom is -0.390 e. The van der Waals surface area contributed by atoms with Crippen LogP contribution < -0.4 is 0 Å². The van der Waals surface area contributed by atoms with Crippen LogP contribution in [-0.4, -0.2) is 28.7 Å². The number of aliphatic hydroxyl groups excluding tert-OH is 2. The molecule has 3 heteroatoms. The van der Waals surface area contributed by atoms with Gasteiger partial charge in [-0.25, -0.2) is 0 Å². The van der Waals surface area contributed by atoms with E-state index in [1.807, 2.05) is 13.8 Å². The summed E-state index contributed by atoms with van der Waals surface area (Å²) in [5.74, 6) is 0. The molecule has 1 fully saturated rings. The van der Waals surface area contributed by atoms with Crippen molar-refractivity contribution in [3.8, 4) is 0 Å². The maximum Gasteiger partial charge on any atom is 0.155 e. The van der Waals surface area contributed by atoms with Gasteiger partial charge in [-0.3, -0.25) is 0 Å². The van der Waals surface area contributed by atoms with Crippen LogP contribution in [0, 0.1) is 0 Å². The summed E-state index contributed by atoms with van der Waals surface area (Å²) < 4.78 is 4.90. The molecule has 68 valence electrons. The monoisotopic (exact) mass is 162 g/mol. The molecule has 1 rings (SSSR count). The third kappa shape index (κ3) is 3.70. The molecule has 0 aromatic carbocycles. The number of hydrogen-bond donors (Lipinski definition) is 2. The molecular weight excluding hydrogens is 144 g/mol. The maximum absolute atomic E-state index is 9.06. The Morgan fingerprint density at radius 3 is 2.09 bits per heavy atom. The molecule has 0 spiro atoms. The van der Waals surface area contributed by atoms with Crippen molar-refractivity contribution in [3.63, 3.8) is 0 Å². The second-order valence-corrected chi connectivity index (χ2v) is 2.44. The molecule has 0 aliphatic carbocycles. The Morgan fingerprint density at radius 1 is 1.18 bits per heavy atom. The van der Waals surface area contributed by atoms with E-state index in [-0.39, 0.29) is 6.10 Å². The van der Waals surface area contributed by atoms with E-state index in [0.717, 1.165) is 0 Å². The molecule has 1 aliphatic rings. The predicted octanol–water partition coefficient (Wildman–Crippen LogP) is 0.891. The zero-order valence-corrected chi connectivity index (χ0v) is 7.45. The zero-order valence-electron chi connectivity index (χ0n) is 7.45. The number of ether oxygens (including phenoxy) is 1. The first-order chi connectivity index (χ1) is 5.20. The largest absolute Gasteiger partial charge is 0.390 e. The van der Waals surface area contributed by atoms with Crippen molar-refractivity contribution in [1.82, 2.24) is 0 Å². The second kappa shape index (κ2) is 5.52. The molecule has 0 radical (unpaired) electrons. The smallest absolute Gasteiger partial charge is 0.155 e. The Kier molecular flexibility index (Phi) is 5.46. The molecule has 3 nitrogen and oxygen atoms in total.